The molecule has 25 heavy (non-hydrogen) atoms. The summed E-state index contributed by atoms with van der Waals surface area (Å²) in [5.74, 6) is -4.45. The van der Waals surface area contributed by atoms with E-state index in [0.29, 0.717) is 11.6 Å². The molecule has 2 rings (SSSR count). The number of benzene rings is 2. The standard InChI is InChI=1S/C17H14F2N2O4/c1-10(25-17(24)13-8-7-12(18)9-14(13)19)15(22)20-21-16(23)11-5-3-2-4-6-11/h2-10H,1H3,(H,20,22)(H,21,23)/t10-/m1/s1. The Kier molecular flexibility index (Phi) is 5.78. The molecule has 0 saturated carbocycles. The molecule has 130 valence electrons. The largest absolute Gasteiger partial charge is 0.449 e. The number of hydrazine groups is 1. The van der Waals surface area contributed by atoms with Gasteiger partial charge in [-0.05, 0) is 31.2 Å². The lowest BCUT2D eigenvalue weighted by Gasteiger charge is -2.14. The number of hydrogen-bond donors (Lipinski definition) is 2. The zero-order valence-corrected chi connectivity index (χ0v) is 13.1. The molecule has 0 radical (unpaired) electrons. The Bertz CT molecular complexity index is 796. The fraction of sp³-hybridized carbons (Fsp3) is 0.118. The molecule has 6 nitrogen and oxygen atoms in total. The minimum atomic E-state index is -1.31. The molecule has 0 aliphatic heterocycles. The fourth-order valence-corrected chi connectivity index (χ4v) is 1.81. The van der Waals surface area contributed by atoms with Crippen LogP contribution in [0.3, 0.4) is 0 Å². The molecular formula is C17H14F2N2O4. The van der Waals surface area contributed by atoms with Crippen molar-refractivity contribution in [3.8, 4) is 0 Å². The molecular weight excluding hydrogens is 334 g/mol. The normalized spacial score (nSPS) is 11.3. The summed E-state index contributed by atoms with van der Waals surface area (Å²) < 4.78 is 31.1. The minimum Gasteiger partial charge on any atom is -0.449 e. The van der Waals surface area contributed by atoms with Gasteiger partial charge in [0.1, 0.15) is 11.6 Å². The summed E-state index contributed by atoms with van der Waals surface area (Å²) in [6.45, 7) is 1.24. The molecule has 0 saturated heterocycles. The van der Waals surface area contributed by atoms with Gasteiger partial charge in [0.15, 0.2) is 6.10 Å². The van der Waals surface area contributed by atoms with E-state index >= 15 is 0 Å². The highest BCUT2D eigenvalue weighted by molar-refractivity contribution is 5.96. The van der Waals surface area contributed by atoms with E-state index in [2.05, 4.69) is 10.9 Å². The summed E-state index contributed by atoms with van der Waals surface area (Å²) in [4.78, 5) is 35.4. The lowest BCUT2D eigenvalue weighted by molar-refractivity contribution is -0.129. The van der Waals surface area contributed by atoms with Gasteiger partial charge < -0.3 is 4.74 Å². The highest BCUT2D eigenvalue weighted by atomic mass is 19.1. The minimum absolute atomic E-state index is 0.320. The molecule has 0 heterocycles. The molecule has 0 aliphatic carbocycles. The fourth-order valence-electron chi connectivity index (χ4n) is 1.81. The van der Waals surface area contributed by atoms with Gasteiger partial charge in [-0.25, -0.2) is 13.6 Å². The first kappa shape index (κ1) is 18.1. The van der Waals surface area contributed by atoms with Crippen LogP contribution in [-0.2, 0) is 9.53 Å². The van der Waals surface area contributed by atoms with E-state index < -0.39 is 41.1 Å². The van der Waals surface area contributed by atoms with E-state index in [9.17, 15) is 23.2 Å². The molecule has 0 fully saturated rings. The number of rotatable bonds is 4. The van der Waals surface area contributed by atoms with Crippen molar-refractivity contribution >= 4 is 17.8 Å². The third-order valence-electron chi connectivity index (χ3n) is 3.14. The molecule has 0 bridgehead atoms. The Labute approximate surface area is 141 Å². The summed E-state index contributed by atoms with van der Waals surface area (Å²) in [5.41, 5.74) is 4.06. The average molecular weight is 348 g/mol. The van der Waals surface area contributed by atoms with Gasteiger partial charge in [0.05, 0.1) is 5.56 Å². The first-order chi connectivity index (χ1) is 11.9. The van der Waals surface area contributed by atoms with Crippen LogP contribution in [0.2, 0.25) is 0 Å². The van der Waals surface area contributed by atoms with Crippen LogP contribution < -0.4 is 10.9 Å². The van der Waals surface area contributed by atoms with Crippen molar-refractivity contribution in [3.63, 3.8) is 0 Å². The Morgan fingerprint density at radius 2 is 1.68 bits per heavy atom. The topological polar surface area (TPSA) is 84.5 Å². The summed E-state index contributed by atoms with van der Waals surface area (Å²) >= 11 is 0. The Balaban J connectivity index is 1.89. The maximum atomic E-state index is 13.5. The third kappa shape index (κ3) is 4.84. The van der Waals surface area contributed by atoms with Gasteiger partial charge in [-0.1, -0.05) is 18.2 Å². The predicted molar refractivity (Wildman–Crippen MR) is 83.3 cm³/mol. The van der Waals surface area contributed by atoms with Gasteiger partial charge in [0.25, 0.3) is 11.8 Å². The van der Waals surface area contributed by atoms with Crippen molar-refractivity contribution in [1.82, 2.24) is 10.9 Å². The van der Waals surface area contributed by atoms with Crippen molar-refractivity contribution in [2.45, 2.75) is 13.0 Å². The van der Waals surface area contributed by atoms with Crippen molar-refractivity contribution < 1.29 is 27.9 Å². The van der Waals surface area contributed by atoms with Gasteiger partial charge in [-0.2, -0.15) is 0 Å². The first-order valence-corrected chi connectivity index (χ1v) is 7.19. The van der Waals surface area contributed by atoms with E-state index in [0.717, 1.165) is 12.1 Å². The Hall–Kier alpha value is -3.29. The van der Waals surface area contributed by atoms with Crippen LogP contribution in [0.5, 0.6) is 0 Å². The van der Waals surface area contributed by atoms with Gasteiger partial charge in [-0.15, -0.1) is 0 Å². The van der Waals surface area contributed by atoms with Crippen LogP contribution in [-0.4, -0.2) is 23.9 Å². The number of ether oxygens (including phenoxy) is 1. The number of carbonyl (C=O) groups is 3. The van der Waals surface area contributed by atoms with Gasteiger partial charge >= 0.3 is 5.97 Å². The summed E-state index contributed by atoms with van der Waals surface area (Å²) in [7, 11) is 0. The van der Waals surface area contributed by atoms with Gasteiger partial charge in [0.2, 0.25) is 0 Å². The van der Waals surface area contributed by atoms with E-state index in [4.69, 9.17) is 4.74 Å². The molecule has 8 heteroatoms. The van der Waals surface area contributed by atoms with E-state index in [1.165, 1.54) is 6.92 Å². The Morgan fingerprint density at radius 3 is 2.32 bits per heavy atom. The average Bonchev–Trinajstić information content (AvgIpc) is 2.59. The van der Waals surface area contributed by atoms with Crippen molar-refractivity contribution in [2.75, 3.05) is 0 Å². The number of halogens is 2. The molecule has 0 aromatic heterocycles. The number of carbonyl (C=O) groups excluding carboxylic acids is 3. The summed E-state index contributed by atoms with van der Waals surface area (Å²) in [6.07, 6.45) is -1.31. The first-order valence-electron chi connectivity index (χ1n) is 7.19. The lowest BCUT2D eigenvalue weighted by Crippen LogP contribution is -2.46. The van der Waals surface area contributed by atoms with Crippen molar-refractivity contribution in [3.05, 3.63) is 71.3 Å². The third-order valence-corrected chi connectivity index (χ3v) is 3.14. The van der Waals surface area contributed by atoms with E-state index in [1.54, 1.807) is 30.3 Å². The van der Waals surface area contributed by atoms with Crippen LogP contribution in [0.25, 0.3) is 0 Å². The summed E-state index contributed by atoms with van der Waals surface area (Å²) in [6, 6.07) is 10.5. The molecule has 0 aliphatic rings. The number of hydrogen-bond acceptors (Lipinski definition) is 4. The van der Waals surface area contributed by atoms with Crippen molar-refractivity contribution in [1.29, 1.82) is 0 Å². The zero-order chi connectivity index (χ0) is 18.4. The molecule has 2 aromatic rings. The molecule has 2 aromatic carbocycles. The van der Waals surface area contributed by atoms with Crippen LogP contribution in [0.4, 0.5) is 8.78 Å². The predicted octanol–water partition coefficient (Wildman–Crippen LogP) is 1.97. The number of esters is 1. The van der Waals surface area contributed by atoms with E-state index in [1.807, 2.05) is 0 Å². The smallest absolute Gasteiger partial charge is 0.341 e. The molecule has 1 atom stereocenters. The maximum absolute atomic E-state index is 13.5. The second-order valence-corrected chi connectivity index (χ2v) is 4.98. The highest BCUT2D eigenvalue weighted by Gasteiger charge is 2.21. The highest BCUT2D eigenvalue weighted by Crippen LogP contribution is 2.12. The van der Waals surface area contributed by atoms with Crippen molar-refractivity contribution in [2.24, 2.45) is 0 Å². The molecule has 0 spiro atoms. The number of nitrogens with one attached hydrogen (secondary N) is 2. The van der Waals surface area contributed by atoms with Gasteiger partial charge in [-0.3, -0.25) is 20.4 Å². The zero-order valence-electron chi connectivity index (χ0n) is 13.1. The summed E-state index contributed by atoms with van der Waals surface area (Å²) in [5, 5.41) is 0. The van der Waals surface area contributed by atoms with E-state index in [-0.39, 0.29) is 0 Å². The molecule has 2 N–H and O–H groups in total. The Morgan fingerprint density at radius 1 is 1.00 bits per heavy atom. The second-order valence-electron chi connectivity index (χ2n) is 4.98. The van der Waals surface area contributed by atoms with Crippen LogP contribution >= 0.6 is 0 Å². The van der Waals surface area contributed by atoms with Crippen LogP contribution in [0.1, 0.15) is 27.6 Å². The second kappa shape index (κ2) is 8.00. The lowest BCUT2D eigenvalue weighted by atomic mass is 10.2. The number of amides is 2. The molecule has 2 amide bonds. The van der Waals surface area contributed by atoms with Crippen LogP contribution in [0.15, 0.2) is 48.5 Å². The monoisotopic (exact) mass is 348 g/mol. The quantitative estimate of drug-likeness (QED) is 0.654. The molecule has 0 unspecified atom stereocenters. The SMILES string of the molecule is C[C@@H](OC(=O)c1ccc(F)cc1F)C(=O)NNC(=O)c1ccccc1. The van der Waals surface area contributed by atoms with Crippen LogP contribution in [0, 0.1) is 11.6 Å². The van der Waals surface area contributed by atoms with Gasteiger partial charge in [0, 0.05) is 11.6 Å². The maximum Gasteiger partial charge on any atom is 0.341 e.